The molecule has 0 fully saturated rings. The first-order valence-corrected chi connectivity index (χ1v) is 8.15. The first-order valence-electron chi connectivity index (χ1n) is 6.71. The molecular formula is C14H24N2O3S. The van der Waals surface area contributed by atoms with Crippen molar-refractivity contribution >= 4 is 10.0 Å². The second-order valence-electron chi connectivity index (χ2n) is 4.81. The maximum absolute atomic E-state index is 12.6. The van der Waals surface area contributed by atoms with Gasteiger partial charge in [-0.2, -0.15) is 4.31 Å². The summed E-state index contributed by atoms with van der Waals surface area (Å²) in [7, 11) is -0.0751. The van der Waals surface area contributed by atoms with E-state index in [2.05, 4.69) is 5.32 Å². The number of ether oxygens (including phenoxy) is 1. The van der Waals surface area contributed by atoms with Crippen LogP contribution < -0.4 is 10.1 Å². The van der Waals surface area contributed by atoms with Gasteiger partial charge in [0, 0.05) is 24.7 Å². The van der Waals surface area contributed by atoms with Crippen molar-refractivity contribution in [2.75, 3.05) is 20.7 Å². The maximum atomic E-state index is 12.6. The number of methoxy groups -OCH3 is 1. The molecule has 0 aliphatic heterocycles. The fourth-order valence-corrected chi connectivity index (χ4v) is 3.89. The Morgan fingerprint density at radius 3 is 2.45 bits per heavy atom. The highest BCUT2D eigenvalue weighted by Crippen LogP contribution is 2.25. The van der Waals surface area contributed by atoms with Crippen LogP contribution in [0.1, 0.15) is 26.3 Å². The van der Waals surface area contributed by atoms with Crippen LogP contribution in [0.5, 0.6) is 5.75 Å². The van der Waals surface area contributed by atoms with E-state index >= 15 is 0 Å². The Morgan fingerprint density at radius 1 is 1.35 bits per heavy atom. The van der Waals surface area contributed by atoms with E-state index in [9.17, 15) is 8.42 Å². The van der Waals surface area contributed by atoms with Crippen LogP contribution in [-0.4, -0.2) is 39.5 Å². The molecule has 20 heavy (non-hydrogen) atoms. The van der Waals surface area contributed by atoms with Crippen LogP contribution in [0.25, 0.3) is 0 Å². The molecule has 114 valence electrons. The molecule has 6 heteroatoms. The molecule has 1 aromatic rings. The molecule has 0 spiro atoms. The molecule has 0 radical (unpaired) electrons. The zero-order chi connectivity index (χ0) is 15.3. The molecule has 0 atom stereocenters. The first kappa shape index (κ1) is 16.9. The predicted octanol–water partition coefficient (Wildman–Crippen LogP) is 1.83. The van der Waals surface area contributed by atoms with Crippen LogP contribution in [0.4, 0.5) is 0 Å². The van der Waals surface area contributed by atoms with Crippen LogP contribution >= 0.6 is 0 Å². The maximum Gasteiger partial charge on any atom is 0.243 e. The topological polar surface area (TPSA) is 58.6 Å². The molecule has 0 aliphatic rings. The molecular weight excluding hydrogens is 276 g/mol. The Kier molecular flexibility index (Phi) is 5.98. The van der Waals surface area contributed by atoms with Crippen molar-refractivity contribution in [1.82, 2.24) is 9.62 Å². The lowest BCUT2D eigenvalue weighted by molar-refractivity contribution is 0.369. The van der Waals surface area contributed by atoms with Gasteiger partial charge >= 0.3 is 0 Å². The average Bonchev–Trinajstić information content (AvgIpc) is 2.39. The number of nitrogens with one attached hydrogen (secondary N) is 1. The van der Waals surface area contributed by atoms with E-state index in [0.717, 1.165) is 5.56 Å². The summed E-state index contributed by atoms with van der Waals surface area (Å²) in [5, 5.41) is 3.01. The molecule has 0 amide bonds. The molecule has 0 saturated heterocycles. The van der Waals surface area contributed by atoms with Crippen LogP contribution in [0.2, 0.25) is 0 Å². The molecule has 0 unspecified atom stereocenters. The highest BCUT2D eigenvalue weighted by atomic mass is 32.2. The van der Waals surface area contributed by atoms with Crippen molar-refractivity contribution in [3.05, 3.63) is 23.8 Å². The molecule has 1 rings (SSSR count). The summed E-state index contributed by atoms with van der Waals surface area (Å²) >= 11 is 0. The van der Waals surface area contributed by atoms with Crippen molar-refractivity contribution in [2.45, 2.75) is 38.3 Å². The summed E-state index contributed by atoms with van der Waals surface area (Å²) in [6, 6.07) is 4.90. The Morgan fingerprint density at radius 2 is 2.00 bits per heavy atom. The fraction of sp³-hybridized carbons (Fsp3) is 0.571. The first-order chi connectivity index (χ1) is 9.38. The Hall–Kier alpha value is -1.11. The van der Waals surface area contributed by atoms with E-state index in [-0.39, 0.29) is 6.04 Å². The standard InChI is InChI=1S/C14H24N2O3S/c1-6-16(11(2)3)20(17,18)13-7-8-14(19-5)12(9-13)10-15-4/h7-9,11,15H,6,10H2,1-5H3. The third-order valence-electron chi connectivity index (χ3n) is 3.11. The van der Waals surface area contributed by atoms with Gasteiger partial charge in [-0.1, -0.05) is 6.92 Å². The SMILES string of the molecule is CCN(C(C)C)S(=O)(=O)c1ccc(OC)c(CNC)c1. The molecule has 0 bridgehead atoms. The number of hydrogen-bond donors (Lipinski definition) is 1. The summed E-state index contributed by atoms with van der Waals surface area (Å²) in [4.78, 5) is 0.305. The predicted molar refractivity (Wildman–Crippen MR) is 80.5 cm³/mol. The van der Waals surface area contributed by atoms with E-state index in [0.29, 0.717) is 23.7 Å². The van der Waals surface area contributed by atoms with Gasteiger partial charge in [0.2, 0.25) is 10.0 Å². The number of hydrogen-bond acceptors (Lipinski definition) is 4. The van der Waals surface area contributed by atoms with Gasteiger partial charge in [-0.25, -0.2) is 8.42 Å². The number of benzene rings is 1. The molecule has 0 aromatic heterocycles. The lowest BCUT2D eigenvalue weighted by Gasteiger charge is -2.24. The van der Waals surface area contributed by atoms with Gasteiger partial charge < -0.3 is 10.1 Å². The van der Waals surface area contributed by atoms with Gasteiger partial charge in [-0.3, -0.25) is 0 Å². The molecule has 5 nitrogen and oxygen atoms in total. The van der Waals surface area contributed by atoms with E-state index < -0.39 is 10.0 Å². The zero-order valence-electron chi connectivity index (χ0n) is 12.8. The Bertz CT molecular complexity index is 541. The average molecular weight is 300 g/mol. The molecule has 1 aromatic carbocycles. The summed E-state index contributed by atoms with van der Waals surface area (Å²) in [6.45, 7) is 6.60. The Labute approximate surface area is 122 Å². The highest BCUT2D eigenvalue weighted by Gasteiger charge is 2.26. The van der Waals surface area contributed by atoms with Crippen molar-refractivity contribution in [3.63, 3.8) is 0 Å². The zero-order valence-corrected chi connectivity index (χ0v) is 13.6. The molecule has 0 saturated carbocycles. The van der Waals surface area contributed by atoms with Crippen molar-refractivity contribution in [1.29, 1.82) is 0 Å². The minimum atomic E-state index is -3.47. The second-order valence-corrected chi connectivity index (χ2v) is 6.70. The second kappa shape index (κ2) is 7.06. The van der Waals surface area contributed by atoms with Crippen LogP contribution in [0.3, 0.4) is 0 Å². The monoisotopic (exact) mass is 300 g/mol. The fourth-order valence-electron chi connectivity index (χ4n) is 2.19. The molecule has 1 N–H and O–H groups in total. The molecule has 0 heterocycles. The Balaban J connectivity index is 3.28. The van der Waals surface area contributed by atoms with Gasteiger partial charge in [-0.05, 0) is 39.1 Å². The third kappa shape index (κ3) is 3.50. The quantitative estimate of drug-likeness (QED) is 0.834. The smallest absolute Gasteiger partial charge is 0.243 e. The van der Waals surface area contributed by atoms with E-state index in [1.54, 1.807) is 25.3 Å². The van der Waals surface area contributed by atoms with Crippen LogP contribution in [-0.2, 0) is 16.6 Å². The number of sulfonamides is 1. The summed E-state index contributed by atoms with van der Waals surface area (Å²) < 4.78 is 32.0. The summed E-state index contributed by atoms with van der Waals surface area (Å²) in [5.74, 6) is 0.686. The lowest BCUT2D eigenvalue weighted by Crippen LogP contribution is -2.36. The van der Waals surface area contributed by atoms with E-state index in [4.69, 9.17) is 4.74 Å². The van der Waals surface area contributed by atoms with E-state index in [1.807, 2.05) is 27.8 Å². The van der Waals surface area contributed by atoms with Crippen molar-refractivity contribution in [2.24, 2.45) is 0 Å². The van der Waals surface area contributed by atoms with Gasteiger partial charge in [0.25, 0.3) is 0 Å². The lowest BCUT2D eigenvalue weighted by atomic mass is 10.2. The minimum Gasteiger partial charge on any atom is -0.496 e. The summed E-state index contributed by atoms with van der Waals surface area (Å²) in [5.41, 5.74) is 0.830. The minimum absolute atomic E-state index is 0.0696. The highest BCUT2D eigenvalue weighted by molar-refractivity contribution is 7.89. The normalized spacial score (nSPS) is 12.2. The van der Waals surface area contributed by atoms with Gasteiger partial charge in [-0.15, -0.1) is 0 Å². The van der Waals surface area contributed by atoms with Gasteiger partial charge in [0.15, 0.2) is 0 Å². The van der Waals surface area contributed by atoms with Crippen molar-refractivity contribution < 1.29 is 13.2 Å². The largest absolute Gasteiger partial charge is 0.496 e. The van der Waals surface area contributed by atoms with Crippen LogP contribution in [0, 0.1) is 0 Å². The number of rotatable bonds is 7. The summed E-state index contributed by atoms with van der Waals surface area (Å²) in [6.07, 6.45) is 0. The number of nitrogens with zero attached hydrogens (tertiary/aromatic N) is 1. The van der Waals surface area contributed by atoms with E-state index in [1.165, 1.54) is 4.31 Å². The van der Waals surface area contributed by atoms with Crippen LogP contribution in [0.15, 0.2) is 23.1 Å². The third-order valence-corrected chi connectivity index (χ3v) is 5.26. The van der Waals surface area contributed by atoms with Crippen molar-refractivity contribution in [3.8, 4) is 5.75 Å². The molecule has 0 aliphatic carbocycles. The van der Waals surface area contributed by atoms with Gasteiger partial charge in [0.05, 0.1) is 12.0 Å². The van der Waals surface area contributed by atoms with Gasteiger partial charge in [0.1, 0.15) is 5.75 Å².